The van der Waals surface area contributed by atoms with E-state index in [-0.39, 0.29) is 11.9 Å². The monoisotopic (exact) mass is 195 g/mol. The van der Waals surface area contributed by atoms with Gasteiger partial charge >= 0.3 is 0 Å². The minimum atomic E-state index is -0.676. The van der Waals surface area contributed by atoms with E-state index in [0.717, 1.165) is 0 Å². The second-order valence-electron chi connectivity index (χ2n) is 4.03. The average Bonchev–Trinajstić information content (AvgIpc) is 2.48. The van der Waals surface area contributed by atoms with Crippen LogP contribution in [0.1, 0.15) is 24.8 Å². The van der Waals surface area contributed by atoms with Crippen molar-refractivity contribution < 1.29 is 9.50 Å². The van der Waals surface area contributed by atoms with Gasteiger partial charge in [-0.3, -0.25) is 0 Å². The Hall–Kier alpha value is -0.930. The van der Waals surface area contributed by atoms with Crippen molar-refractivity contribution in [1.82, 2.24) is 0 Å². The predicted molar refractivity (Wildman–Crippen MR) is 52.1 cm³/mol. The van der Waals surface area contributed by atoms with Crippen molar-refractivity contribution in [2.45, 2.75) is 30.9 Å². The lowest BCUT2D eigenvalue weighted by molar-refractivity contribution is 0.173. The number of halogens is 1. The van der Waals surface area contributed by atoms with E-state index >= 15 is 0 Å². The minimum Gasteiger partial charge on any atom is -0.393 e. The average molecular weight is 195 g/mol. The lowest BCUT2D eigenvalue weighted by Crippen LogP contribution is -2.35. The molecule has 3 heteroatoms. The van der Waals surface area contributed by atoms with Gasteiger partial charge in [0.2, 0.25) is 0 Å². The fourth-order valence-corrected chi connectivity index (χ4v) is 2.16. The highest BCUT2D eigenvalue weighted by molar-refractivity contribution is 5.27. The molecule has 0 bridgehead atoms. The van der Waals surface area contributed by atoms with Gasteiger partial charge in [-0.2, -0.15) is 0 Å². The van der Waals surface area contributed by atoms with Gasteiger partial charge in [0, 0.05) is 11.1 Å². The first-order valence-electron chi connectivity index (χ1n) is 4.84. The number of rotatable bonds is 1. The quantitative estimate of drug-likeness (QED) is 0.713. The van der Waals surface area contributed by atoms with Crippen LogP contribution in [0.25, 0.3) is 0 Å². The maximum Gasteiger partial charge on any atom is 0.128 e. The molecule has 14 heavy (non-hydrogen) atoms. The van der Waals surface area contributed by atoms with E-state index in [2.05, 4.69) is 0 Å². The molecule has 76 valence electrons. The Balaban J connectivity index is 2.35. The molecule has 2 atom stereocenters. The SMILES string of the molecule is NC1(c2ccccc2F)CCC(O)C1. The predicted octanol–water partition coefficient (Wildman–Crippen LogP) is 1.52. The zero-order valence-corrected chi connectivity index (χ0v) is 7.91. The van der Waals surface area contributed by atoms with Gasteiger partial charge in [-0.1, -0.05) is 18.2 Å². The standard InChI is InChI=1S/C11H14FNO/c12-10-4-2-1-3-9(10)11(13)6-5-8(14)7-11/h1-4,8,14H,5-7,13H2. The molecule has 1 fully saturated rings. The molecule has 0 spiro atoms. The highest BCUT2D eigenvalue weighted by Gasteiger charge is 2.37. The number of benzene rings is 1. The molecule has 1 aromatic rings. The van der Waals surface area contributed by atoms with E-state index in [4.69, 9.17) is 5.73 Å². The number of aliphatic hydroxyl groups is 1. The van der Waals surface area contributed by atoms with Crippen molar-refractivity contribution in [3.63, 3.8) is 0 Å². The second-order valence-corrected chi connectivity index (χ2v) is 4.03. The third-order valence-electron chi connectivity index (χ3n) is 2.93. The molecule has 2 unspecified atom stereocenters. The fourth-order valence-electron chi connectivity index (χ4n) is 2.16. The van der Waals surface area contributed by atoms with Crippen LogP contribution in [0.3, 0.4) is 0 Å². The molecule has 0 heterocycles. The summed E-state index contributed by atoms with van der Waals surface area (Å²) in [4.78, 5) is 0. The highest BCUT2D eigenvalue weighted by atomic mass is 19.1. The molecule has 0 amide bonds. The Morgan fingerprint density at radius 2 is 2.14 bits per heavy atom. The van der Waals surface area contributed by atoms with E-state index in [9.17, 15) is 9.50 Å². The van der Waals surface area contributed by atoms with Crippen molar-refractivity contribution in [1.29, 1.82) is 0 Å². The first-order valence-corrected chi connectivity index (χ1v) is 4.84. The zero-order chi connectivity index (χ0) is 10.2. The van der Waals surface area contributed by atoms with Crippen molar-refractivity contribution in [3.8, 4) is 0 Å². The molecule has 3 N–H and O–H groups in total. The third kappa shape index (κ3) is 1.53. The molecule has 1 aromatic carbocycles. The smallest absolute Gasteiger partial charge is 0.128 e. The van der Waals surface area contributed by atoms with E-state index < -0.39 is 5.54 Å². The van der Waals surface area contributed by atoms with Gasteiger partial charge in [0.1, 0.15) is 5.82 Å². The van der Waals surface area contributed by atoms with Crippen LogP contribution in [-0.4, -0.2) is 11.2 Å². The Labute approximate surface area is 82.5 Å². The van der Waals surface area contributed by atoms with Gasteiger partial charge in [-0.15, -0.1) is 0 Å². The zero-order valence-electron chi connectivity index (χ0n) is 7.91. The van der Waals surface area contributed by atoms with E-state index in [1.165, 1.54) is 6.07 Å². The van der Waals surface area contributed by atoms with Gasteiger partial charge < -0.3 is 10.8 Å². The molecular formula is C11H14FNO. The maximum atomic E-state index is 13.5. The summed E-state index contributed by atoms with van der Waals surface area (Å²) in [5.74, 6) is -0.274. The normalized spacial score (nSPS) is 32.1. The summed E-state index contributed by atoms with van der Waals surface area (Å²) in [6.45, 7) is 0. The summed E-state index contributed by atoms with van der Waals surface area (Å²) in [6.07, 6.45) is 1.37. The Bertz CT molecular complexity index is 342. The van der Waals surface area contributed by atoms with Crippen LogP contribution in [0.15, 0.2) is 24.3 Å². The highest BCUT2D eigenvalue weighted by Crippen LogP contribution is 2.37. The Morgan fingerprint density at radius 1 is 1.43 bits per heavy atom. The number of hydrogen-bond acceptors (Lipinski definition) is 2. The van der Waals surface area contributed by atoms with E-state index in [1.54, 1.807) is 18.2 Å². The molecule has 0 aliphatic heterocycles. The van der Waals surface area contributed by atoms with Crippen molar-refractivity contribution in [2.24, 2.45) is 5.73 Å². The summed E-state index contributed by atoms with van der Waals surface area (Å²) >= 11 is 0. The van der Waals surface area contributed by atoms with Crippen molar-refractivity contribution in [2.75, 3.05) is 0 Å². The molecule has 0 radical (unpaired) electrons. The molecule has 1 aliphatic rings. The van der Waals surface area contributed by atoms with Crippen LogP contribution in [0.2, 0.25) is 0 Å². The summed E-state index contributed by atoms with van der Waals surface area (Å²) in [6, 6.07) is 6.54. The molecular weight excluding hydrogens is 181 g/mol. The lowest BCUT2D eigenvalue weighted by atomic mass is 9.89. The number of nitrogens with two attached hydrogens (primary N) is 1. The third-order valence-corrected chi connectivity index (χ3v) is 2.93. The van der Waals surface area contributed by atoms with Crippen molar-refractivity contribution >= 4 is 0 Å². The van der Waals surface area contributed by atoms with E-state index in [1.807, 2.05) is 0 Å². The molecule has 0 aromatic heterocycles. The van der Waals surface area contributed by atoms with E-state index in [0.29, 0.717) is 24.8 Å². The summed E-state index contributed by atoms with van der Waals surface area (Å²) in [5.41, 5.74) is 5.92. The van der Waals surface area contributed by atoms with Gasteiger partial charge in [0.05, 0.1) is 6.10 Å². The first kappa shape index (κ1) is 9.62. The van der Waals surface area contributed by atoms with Gasteiger partial charge in [-0.05, 0) is 25.3 Å². The van der Waals surface area contributed by atoms with Gasteiger partial charge in [0.25, 0.3) is 0 Å². The molecule has 1 saturated carbocycles. The number of aliphatic hydroxyl groups excluding tert-OH is 1. The molecule has 2 rings (SSSR count). The topological polar surface area (TPSA) is 46.2 Å². The Morgan fingerprint density at radius 3 is 2.71 bits per heavy atom. The van der Waals surface area contributed by atoms with Crippen LogP contribution in [0, 0.1) is 5.82 Å². The molecule has 0 saturated heterocycles. The maximum absolute atomic E-state index is 13.5. The molecule has 1 aliphatic carbocycles. The van der Waals surface area contributed by atoms with Crippen LogP contribution < -0.4 is 5.73 Å². The lowest BCUT2D eigenvalue weighted by Gasteiger charge is -2.24. The summed E-state index contributed by atoms with van der Waals surface area (Å²) in [5, 5.41) is 9.41. The summed E-state index contributed by atoms with van der Waals surface area (Å²) in [7, 11) is 0. The van der Waals surface area contributed by atoms with Crippen LogP contribution in [-0.2, 0) is 5.54 Å². The fraction of sp³-hybridized carbons (Fsp3) is 0.455. The minimum absolute atomic E-state index is 0.274. The second kappa shape index (κ2) is 3.33. The van der Waals surface area contributed by atoms with Gasteiger partial charge in [0.15, 0.2) is 0 Å². The van der Waals surface area contributed by atoms with Gasteiger partial charge in [-0.25, -0.2) is 4.39 Å². The Kier molecular flexibility index (Phi) is 2.29. The molecule has 2 nitrogen and oxygen atoms in total. The van der Waals surface area contributed by atoms with Crippen LogP contribution in [0.5, 0.6) is 0 Å². The van der Waals surface area contributed by atoms with Crippen molar-refractivity contribution in [3.05, 3.63) is 35.6 Å². The summed E-state index contributed by atoms with van der Waals surface area (Å²) < 4.78 is 13.5. The number of hydrogen-bond donors (Lipinski definition) is 2. The largest absolute Gasteiger partial charge is 0.393 e. The first-order chi connectivity index (χ1) is 6.62. The van der Waals surface area contributed by atoms with Crippen LogP contribution >= 0.6 is 0 Å². The van der Waals surface area contributed by atoms with Crippen LogP contribution in [0.4, 0.5) is 4.39 Å².